The fourth-order valence-electron chi connectivity index (χ4n) is 0.406. The van der Waals surface area contributed by atoms with Crippen LogP contribution in [0.15, 0.2) is 0 Å². The van der Waals surface area contributed by atoms with E-state index in [9.17, 15) is 31.1 Å². The summed E-state index contributed by atoms with van der Waals surface area (Å²) in [6.07, 6.45) is -12.0. The highest BCUT2D eigenvalue weighted by Gasteiger charge is 2.70. The average Bonchev–Trinajstić information content (AvgIpc) is 1.82. The van der Waals surface area contributed by atoms with Crippen molar-refractivity contribution < 1.29 is 31.1 Å². The van der Waals surface area contributed by atoms with E-state index < -0.39 is 23.2 Å². The lowest BCUT2D eigenvalue weighted by Crippen LogP contribution is -2.61. The SMILES string of the molecule is O=CNC(Br)(C(F)(F)F)C(F)(F)F. The van der Waals surface area contributed by atoms with Crippen molar-refractivity contribution >= 4 is 22.3 Å². The van der Waals surface area contributed by atoms with Crippen molar-refractivity contribution in [2.75, 3.05) is 0 Å². The van der Waals surface area contributed by atoms with Gasteiger partial charge in [-0.15, -0.1) is 0 Å². The van der Waals surface area contributed by atoms with Crippen LogP contribution in [0.3, 0.4) is 0 Å². The highest BCUT2D eigenvalue weighted by molar-refractivity contribution is 9.10. The molecule has 0 aliphatic carbocycles. The predicted molar refractivity (Wildman–Crippen MR) is 33.0 cm³/mol. The zero-order chi connectivity index (χ0) is 10.9. The molecule has 0 fully saturated rings. The number of hydrogen-bond donors (Lipinski definition) is 1. The highest BCUT2D eigenvalue weighted by atomic mass is 79.9. The van der Waals surface area contributed by atoms with Crippen molar-refractivity contribution in [3.63, 3.8) is 0 Å². The van der Waals surface area contributed by atoms with Crippen molar-refractivity contribution in [3.8, 4) is 0 Å². The van der Waals surface area contributed by atoms with Gasteiger partial charge in [-0.05, 0) is 15.9 Å². The average molecular weight is 274 g/mol. The van der Waals surface area contributed by atoms with Crippen molar-refractivity contribution in [1.29, 1.82) is 0 Å². The number of carbonyl (C=O) groups is 1. The summed E-state index contributed by atoms with van der Waals surface area (Å²) in [5.74, 6) is 0. The number of alkyl halides is 7. The molecular weight excluding hydrogens is 272 g/mol. The first-order valence-corrected chi connectivity index (χ1v) is 3.39. The maximum absolute atomic E-state index is 11.8. The van der Waals surface area contributed by atoms with Crippen LogP contribution in [0.4, 0.5) is 26.3 Å². The number of halogens is 7. The minimum Gasteiger partial charge on any atom is -0.328 e. The maximum atomic E-state index is 11.8. The number of hydrogen-bond acceptors (Lipinski definition) is 1. The lowest BCUT2D eigenvalue weighted by Gasteiger charge is -2.30. The van der Waals surface area contributed by atoms with Crippen LogP contribution in [0.5, 0.6) is 0 Å². The zero-order valence-corrected chi connectivity index (χ0v) is 7.22. The number of rotatable bonds is 2. The van der Waals surface area contributed by atoms with Crippen LogP contribution >= 0.6 is 15.9 Å². The summed E-state index contributed by atoms with van der Waals surface area (Å²) in [7, 11) is 0. The van der Waals surface area contributed by atoms with Gasteiger partial charge in [0, 0.05) is 0 Å². The molecule has 0 bridgehead atoms. The second-order valence-electron chi connectivity index (χ2n) is 1.92. The summed E-state index contributed by atoms with van der Waals surface area (Å²) in [5, 5.41) is 0.625. The van der Waals surface area contributed by atoms with E-state index in [2.05, 4.69) is 0 Å². The van der Waals surface area contributed by atoms with Crippen molar-refractivity contribution in [2.24, 2.45) is 0 Å². The Morgan fingerprint density at radius 3 is 1.38 bits per heavy atom. The molecule has 78 valence electrons. The van der Waals surface area contributed by atoms with Gasteiger partial charge in [0.15, 0.2) is 0 Å². The molecule has 0 saturated heterocycles. The van der Waals surface area contributed by atoms with Gasteiger partial charge in [0.05, 0.1) is 0 Å². The van der Waals surface area contributed by atoms with E-state index >= 15 is 0 Å². The summed E-state index contributed by atoms with van der Waals surface area (Å²) in [5.41, 5.74) is 0. The Labute approximate surface area is 76.4 Å². The molecule has 0 aliphatic rings. The molecule has 0 aromatic rings. The molecule has 0 rings (SSSR count). The van der Waals surface area contributed by atoms with E-state index in [0.717, 1.165) is 0 Å². The number of carbonyl (C=O) groups excluding carboxylic acids is 1. The Morgan fingerprint density at radius 1 is 1.00 bits per heavy atom. The second-order valence-corrected chi connectivity index (χ2v) is 3.11. The van der Waals surface area contributed by atoms with Gasteiger partial charge < -0.3 is 5.32 Å². The Morgan fingerprint density at radius 2 is 1.31 bits per heavy atom. The van der Waals surface area contributed by atoms with E-state index in [1.165, 1.54) is 15.9 Å². The zero-order valence-electron chi connectivity index (χ0n) is 5.63. The van der Waals surface area contributed by atoms with Crippen LogP contribution in [-0.2, 0) is 4.79 Å². The Hall–Kier alpha value is -0.470. The third kappa shape index (κ3) is 2.26. The molecule has 0 unspecified atom stereocenters. The molecule has 0 spiro atoms. The fraction of sp³-hybridized carbons (Fsp3) is 0.750. The van der Waals surface area contributed by atoms with E-state index in [-0.39, 0.29) is 0 Å². The maximum Gasteiger partial charge on any atom is 0.430 e. The van der Waals surface area contributed by atoms with Gasteiger partial charge in [0.1, 0.15) is 0 Å². The molecule has 0 aliphatic heterocycles. The third-order valence-corrected chi connectivity index (χ3v) is 2.17. The standard InChI is InChI=1S/C4H2BrF6NO/c5-2(12-1-13,3(6,7)8)4(9,10)11/h1H,(H,12,13). The Bertz CT molecular complexity index is 184. The smallest absolute Gasteiger partial charge is 0.328 e. The molecule has 0 radical (unpaired) electrons. The van der Waals surface area contributed by atoms with Crippen LogP contribution in [0.2, 0.25) is 0 Å². The Balaban J connectivity index is 5.07. The lowest BCUT2D eigenvalue weighted by molar-refractivity contribution is -0.268. The topological polar surface area (TPSA) is 29.1 Å². The quantitative estimate of drug-likeness (QED) is 0.354. The van der Waals surface area contributed by atoms with Crippen molar-refractivity contribution in [1.82, 2.24) is 5.32 Å². The summed E-state index contributed by atoms with van der Waals surface area (Å²) < 4.78 is 66.4. The molecule has 9 heteroatoms. The summed E-state index contributed by atoms with van der Waals surface area (Å²) in [4.78, 5) is 9.57. The largest absolute Gasteiger partial charge is 0.430 e. The summed E-state index contributed by atoms with van der Waals surface area (Å²) in [6.45, 7) is 0. The molecule has 0 aromatic heterocycles. The first-order valence-electron chi connectivity index (χ1n) is 2.60. The molecule has 1 N–H and O–H groups in total. The monoisotopic (exact) mass is 273 g/mol. The van der Waals surface area contributed by atoms with E-state index in [1.54, 1.807) is 0 Å². The van der Waals surface area contributed by atoms with E-state index in [1.807, 2.05) is 0 Å². The molecular formula is C4H2BrF6NO. The number of nitrogens with one attached hydrogen (secondary N) is 1. The minimum atomic E-state index is -5.66. The molecule has 0 heterocycles. The highest BCUT2D eigenvalue weighted by Crippen LogP contribution is 2.46. The van der Waals surface area contributed by atoms with Crippen LogP contribution < -0.4 is 5.32 Å². The molecule has 0 aromatic carbocycles. The van der Waals surface area contributed by atoms with Crippen molar-refractivity contribution in [2.45, 2.75) is 16.8 Å². The number of amides is 1. The van der Waals surface area contributed by atoms with Crippen LogP contribution in [-0.4, -0.2) is 23.2 Å². The first kappa shape index (κ1) is 12.5. The van der Waals surface area contributed by atoms with Gasteiger partial charge in [0.25, 0.3) is 4.45 Å². The van der Waals surface area contributed by atoms with Gasteiger partial charge in [-0.25, -0.2) is 0 Å². The van der Waals surface area contributed by atoms with Crippen molar-refractivity contribution in [3.05, 3.63) is 0 Å². The van der Waals surface area contributed by atoms with E-state index in [0.29, 0.717) is 5.32 Å². The normalized spacial score (nSPS) is 14.1. The third-order valence-electron chi connectivity index (χ3n) is 1.04. The fourth-order valence-corrected chi connectivity index (χ4v) is 0.499. The molecule has 1 amide bonds. The predicted octanol–water partition coefficient (Wildman–Crippen LogP) is 1.95. The van der Waals surface area contributed by atoms with Gasteiger partial charge in [-0.1, -0.05) is 0 Å². The lowest BCUT2D eigenvalue weighted by atomic mass is 10.3. The second kappa shape index (κ2) is 3.35. The molecule has 0 atom stereocenters. The van der Waals surface area contributed by atoms with Gasteiger partial charge in [-0.2, -0.15) is 26.3 Å². The van der Waals surface area contributed by atoms with Gasteiger partial charge in [0.2, 0.25) is 6.41 Å². The summed E-state index contributed by atoms with van der Waals surface area (Å²) >= 11 is 1.39. The van der Waals surface area contributed by atoms with Gasteiger partial charge in [-0.3, -0.25) is 4.79 Å². The minimum absolute atomic E-state index is 0.625. The molecule has 13 heavy (non-hydrogen) atoms. The van der Waals surface area contributed by atoms with E-state index in [4.69, 9.17) is 0 Å². The molecule has 0 saturated carbocycles. The molecule has 2 nitrogen and oxygen atoms in total. The first-order chi connectivity index (χ1) is 5.56. The van der Waals surface area contributed by atoms with Gasteiger partial charge >= 0.3 is 12.4 Å². The summed E-state index contributed by atoms with van der Waals surface area (Å²) in [6, 6.07) is 0. The Kier molecular flexibility index (Phi) is 3.23. The van der Waals surface area contributed by atoms with Crippen LogP contribution in [0, 0.1) is 0 Å². The van der Waals surface area contributed by atoms with Crippen LogP contribution in [0.1, 0.15) is 0 Å². The van der Waals surface area contributed by atoms with Crippen LogP contribution in [0.25, 0.3) is 0 Å².